The number of fused-ring (bicyclic) bond motifs is 1. The van der Waals surface area contributed by atoms with Gasteiger partial charge in [0.1, 0.15) is 16.5 Å². The lowest BCUT2D eigenvalue weighted by Crippen LogP contribution is -2.15. The second kappa shape index (κ2) is 8.53. The smallest absolute Gasteiger partial charge is 0.259 e. The van der Waals surface area contributed by atoms with Crippen molar-refractivity contribution in [3.05, 3.63) is 64.3 Å². The number of rotatable bonds is 7. The number of hydrogen-bond donors (Lipinski definition) is 2. The van der Waals surface area contributed by atoms with Crippen molar-refractivity contribution in [2.24, 2.45) is 0 Å². The second-order valence-electron chi connectivity index (χ2n) is 6.80. The summed E-state index contributed by atoms with van der Waals surface area (Å²) in [6.07, 6.45) is 6.64. The molecule has 4 rings (SSSR count). The third-order valence-electron chi connectivity index (χ3n) is 4.98. The SMILES string of the molecule is COc1ccc(NC(=O)c2c(NCc3cccnc3)sc3c2CCC3)c(OC)c1. The lowest BCUT2D eigenvalue weighted by molar-refractivity contribution is 0.102. The number of aromatic nitrogens is 1. The van der Waals surface area contributed by atoms with E-state index < -0.39 is 0 Å². The van der Waals surface area contributed by atoms with Crippen LogP contribution in [0.1, 0.15) is 32.8 Å². The third kappa shape index (κ3) is 4.05. The molecule has 0 radical (unpaired) electrons. The van der Waals surface area contributed by atoms with Crippen molar-refractivity contribution in [2.75, 3.05) is 24.9 Å². The predicted octanol–water partition coefficient (Wildman–Crippen LogP) is 4.51. The summed E-state index contributed by atoms with van der Waals surface area (Å²) in [6, 6.07) is 9.29. The van der Waals surface area contributed by atoms with Gasteiger partial charge in [0.2, 0.25) is 0 Å². The fourth-order valence-corrected chi connectivity index (χ4v) is 4.82. The Balaban J connectivity index is 1.59. The minimum atomic E-state index is -0.124. The van der Waals surface area contributed by atoms with Gasteiger partial charge in [-0.05, 0) is 48.6 Å². The molecule has 2 N–H and O–H groups in total. The third-order valence-corrected chi connectivity index (χ3v) is 6.23. The highest BCUT2D eigenvalue weighted by molar-refractivity contribution is 7.16. The normalized spacial score (nSPS) is 12.3. The average Bonchev–Trinajstić information content (AvgIpc) is 3.34. The quantitative estimate of drug-likeness (QED) is 0.601. The van der Waals surface area contributed by atoms with Crippen molar-refractivity contribution < 1.29 is 14.3 Å². The number of pyridine rings is 1. The molecule has 0 unspecified atom stereocenters. The molecule has 2 aromatic heterocycles. The van der Waals surface area contributed by atoms with Crippen LogP contribution in [0.25, 0.3) is 0 Å². The van der Waals surface area contributed by atoms with Gasteiger partial charge in [-0.1, -0.05) is 6.07 Å². The second-order valence-corrected chi connectivity index (χ2v) is 7.90. The lowest BCUT2D eigenvalue weighted by Gasteiger charge is -2.13. The van der Waals surface area contributed by atoms with Crippen molar-refractivity contribution in [1.82, 2.24) is 4.98 Å². The Morgan fingerprint density at radius 2 is 2.10 bits per heavy atom. The van der Waals surface area contributed by atoms with Gasteiger partial charge in [-0.15, -0.1) is 11.3 Å². The number of amides is 1. The molecule has 1 aromatic carbocycles. The first-order valence-electron chi connectivity index (χ1n) is 9.50. The Kier molecular flexibility index (Phi) is 5.67. The zero-order chi connectivity index (χ0) is 20.2. The topological polar surface area (TPSA) is 72.5 Å². The van der Waals surface area contributed by atoms with E-state index >= 15 is 0 Å². The molecule has 1 amide bonds. The molecule has 2 heterocycles. The molecular weight excluding hydrogens is 386 g/mol. The van der Waals surface area contributed by atoms with Crippen molar-refractivity contribution in [3.63, 3.8) is 0 Å². The minimum absolute atomic E-state index is 0.124. The maximum absolute atomic E-state index is 13.2. The van der Waals surface area contributed by atoms with Crippen molar-refractivity contribution >= 4 is 27.9 Å². The van der Waals surface area contributed by atoms with Crippen LogP contribution in [-0.2, 0) is 19.4 Å². The van der Waals surface area contributed by atoms with E-state index in [1.54, 1.807) is 50.0 Å². The van der Waals surface area contributed by atoms with Crippen LogP contribution in [-0.4, -0.2) is 25.1 Å². The van der Waals surface area contributed by atoms with E-state index in [0.717, 1.165) is 41.0 Å². The van der Waals surface area contributed by atoms with Gasteiger partial charge in [0.25, 0.3) is 5.91 Å². The van der Waals surface area contributed by atoms with Crippen LogP contribution < -0.4 is 20.1 Å². The number of carbonyl (C=O) groups is 1. The summed E-state index contributed by atoms with van der Waals surface area (Å²) in [6.45, 7) is 0.624. The maximum atomic E-state index is 13.2. The maximum Gasteiger partial charge on any atom is 0.259 e. The molecule has 1 aliphatic carbocycles. The minimum Gasteiger partial charge on any atom is -0.497 e. The molecule has 0 fully saturated rings. The van der Waals surface area contributed by atoms with E-state index in [2.05, 4.69) is 15.6 Å². The van der Waals surface area contributed by atoms with Gasteiger partial charge in [0, 0.05) is 29.9 Å². The summed E-state index contributed by atoms with van der Waals surface area (Å²) in [4.78, 5) is 18.7. The number of aryl methyl sites for hydroxylation is 1. The molecule has 0 atom stereocenters. The summed E-state index contributed by atoms with van der Waals surface area (Å²) in [7, 11) is 3.18. The van der Waals surface area contributed by atoms with Gasteiger partial charge < -0.3 is 20.1 Å². The van der Waals surface area contributed by atoms with Crippen molar-refractivity contribution in [2.45, 2.75) is 25.8 Å². The standard InChI is InChI=1S/C22H23N3O3S/c1-27-15-8-9-17(18(11-15)28-2)25-21(26)20-16-6-3-7-19(16)29-22(20)24-13-14-5-4-10-23-12-14/h4-5,8-12,24H,3,6-7,13H2,1-2H3,(H,25,26). The molecule has 150 valence electrons. The Labute approximate surface area is 173 Å². The molecule has 0 bridgehead atoms. The Morgan fingerprint density at radius 1 is 1.21 bits per heavy atom. The number of carbonyl (C=O) groups excluding carboxylic acids is 1. The van der Waals surface area contributed by atoms with Crippen LogP contribution in [0.3, 0.4) is 0 Å². The monoisotopic (exact) mass is 409 g/mol. The Bertz CT molecular complexity index is 1020. The van der Waals surface area contributed by atoms with Crippen molar-refractivity contribution in [1.29, 1.82) is 0 Å². The fourth-order valence-electron chi connectivity index (χ4n) is 3.54. The summed E-state index contributed by atoms with van der Waals surface area (Å²) >= 11 is 1.68. The molecule has 3 aromatic rings. The number of hydrogen-bond acceptors (Lipinski definition) is 6. The Morgan fingerprint density at radius 3 is 2.86 bits per heavy atom. The van der Waals surface area contributed by atoms with E-state index in [0.29, 0.717) is 23.7 Å². The fraction of sp³-hybridized carbons (Fsp3) is 0.273. The number of ether oxygens (including phenoxy) is 2. The van der Waals surface area contributed by atoms with Gasteiger partial charge in [0.05, 0.1) is 25.5 Å². The first kappa shape index (κ1) is 19.3. The number of nitrogens with one attached hydrogen (secondary N) is 2. The average molecular weight is 410 g/mol. The van der Waals surface area contributed by atoms with Gasteiger partial charge in [-0.2, -0.15) is 0 Å². The highest BCUT2D eigenvalue weighted by Gasteiger charge is 2.27. The zero-order valence-electron chi connectivity index (χ0n) is 16.5. The van der Waals surface area contributed by atoms with Crippen LogP contribution in [0.2, 0.25) is 0 Å². The molecule has 0 saturated heterocycles. The molecule has 6 nitrogen and oxygen atoms in total. The van der Waals surface area contributed by atoms with Crippen LogP contribution in [0.15, 0.2) is 42.7 Å². The number of nitrogens with zero attached hydrogens (tertiary/aromatic N) is 1. The molecule has 7 heteroatoms. The summed E-state index contributed by atoms with van der Waals surface area (Å²) < 4.78 is 10.7. The zero-order valence-corrected chi connectivity index (χ0v) is 17.3. The van der Waals surface area contributed by atoms with E-state index in [-0.39, 0.29) is 5.91 Å². The van der Waals surface area contributed by atoms with E-state index in [4.69, 9.17) is 9.47 Å². The van der Waals surface area contributed by atoms with Crippen LogP contribution in [0.5, 0.6) is 11.5 Å². The van der Waals surface area contributed by atoms with E-state index in [1.807, 2.05) is 18.3 Å². The predicted molar refractivity (Wildman–Crippen MR) is 115 cm³/mol. The summed E-state index contributed by atoms with van der Waals surface area (Å²) in [5.74, 6) is 1.12. The van der Waals surface area contributed by atoms with Gasteiger partial charge in [0.15, 0.2) is 0 Å². The summed E-state index contributed by atoms with van der Waals surface area (Å²) in [5, 5.41) is 7.36. The molecule has 0 saturated carbocycles. The largest absolute Gasteiger partial charge is 0.497 e. The first-order valence-corrected chi connectivity index (χ1v) is 10.3. The number of methoxy groups -OCH3 is 2. The van der Waals surface area contributed by atoms with Crippen molar-refractivity contribution in [3.8, 4) is 11.5 Å². The molecule has 0 aliphatic heterocycles. The number of benzene rings is 1. The Hall–Kier alpha value is -3.06. The highest BCUT2D eigenvalue weighted by atomic mass is 32.1. The van der Waals surface area contributed by atoms with Crippen LogP contribution in [0.4, 0.5) is 10.7 Å². The molecule has 0 spiro atoms. The van der Waals surface area contributed by atoms with E-state index in [9.17, 15) is 4.79 Å². The number of thiophene rings is 1. The summed E-state index contributed by atoms with van der Waals surface area (Å²) in [5.41, 5.74) is 3.59. The van der Waals surface area contributed by atoms with Gasteiger partial charge in [-0.25, -0.2) is 0 Å². The molecule has 29 heavy (non-hydrogen) atoms. The van der Waals surface area contributed by atoms with Gasteiger partial charge >= 0.3 is 0 Å². The molecule has 1 aliphatic rings. The first-order chi connectivity index (χ1) is 14.2. The van der Waals surface area contributed by atoms with Crippen LogP contribution >= 0.6 is 11.3 Å². The van der Waals surface area contributed by atoms with Crippen LogP contribution in [0, 0.1) is 0 Å². The number of anilines is 2. The lowest BCUT2D eigenvalue weighted by atomic mass is 10.1. The highest BCUT2D eigenvalue weighted by Crippen LogP contribution is 2.40. The van der Waals surface area contributed by atoms with Gasteiger partial charge in [-0.3, -0.25) is 9.78 Å². The van der Waals surface area contributed by atoms with E-state index in [1.165, 1.54) is 4.88 Å². The molecular formula is C22H23N3O3S.